The van der Waals surface area contributed by atoms with E-state index in [9.17, 15) is 0 Å². The van der Waals surface area contributed by atoms with Gasteiger partial charge in [-0.3, -0.25) is 0 Å². The highest BCUT2D eigenvalue weighted by Crippen LogP contribution is 2.30. The van der Waals surface area contributed by atoms with Crippen molar-refractivity contribution in [1.29, 1.82) is 0 Å². The van der Waals surface area contributed by atoms with Gasteiger partial charge in [0.05, 0.1) is 4.47 Å². The minimum atomic E-state index is 0.593. The van der Waals surface area contributed by atoms with Crippen LogP contribution < -0.4 is 10.1 Å². The van der Waals surface area contributed by atoms with Crippen LogP contribution in [0.2, 0.25) is 0 Å². The molecule has 2 rings (SSSR count). The van der Waals surface area contributed by atoms with Crippen molar-refractivity contribution in [3.05, 3.63) is 63.1 Å². The molecule has 0 aliphatic carbocycles. The van der Waals surface area contributed by atoms with Crippen LogP contribution in [0, 0.1) is 13.8 Å². The van der Waals surface area contributed by atoms with Crippen LogP contribution in [0.1, 0.15) is 29.2 Å². The second-order valence-electron chi connectivity index (χ2n) is 5.23. The van der Waals surface area contributed by atoms with Crippen LogP contribution in [0.25, 0.3) is 0 Å². The molecular weight excluding hydrogens is 326 g/mol. The molecule has 112 valence electrons. The van der Waals surface area contributed by atoms with Gasteiger partial charge in [0.2, 0.25) is 0 Å². The zero-order valence-electron chi connectivity index (χ0n) is 12.9. The van der Waals surface area contributed by atoms with Crippen LogP contribution in [-0.2, 0) is 13.2 Å². The van der Waals surface area contributed by atoms with Gasteiger partial charge in [-0.25, -0.2) is 0 Å². The molecule has 0 fully saturated rings. The lowest BCUT2D eigenvalue weighted by molar-refractivity contribution is 0.299. The fraction of sp³-hybridized carbons (Fsp3) is 0.333. The van der Waals surface area contributed by atoms with E-state index in [1.807, 2.05) is 12.1 Å². The Labute approximate surface area is 135 Å². The average molecular weight is 348 g/mol. The Morgan fingerprint density at radius 1 is 1.10 bits per heavy atom. The van der Waals surface area contributed by atoms with Gasteiger partial charge in [0, 0.05) is 12.1 Å². The van der Waals surface area contributed by atoms with E-state index in [-0.39, 0.29) is 0 Å². The predicted octanol–water partition coefficient (Wildman–Crippen LogP) is 4.75. The number of benzene rings is 2. The summed E-state index contributed by atoms with van der Waals surface area (Å²) in [7, 11) is 0. The summed E-state index contributed by atoms with van der Waals surface area (Å²) in [5, 5.41) is 3.35. The highest BCUT2D eigenvalue weighted by atomic mass is 79.9. The first-order valence-electron chi connectivity index (χ1n) is 7.29. The van der Waals surface area contributed by atoms with E-state index >= 15 is 0 Å². The van der Waals surface area contributed by atoms with Gasteiger partial charge in [0.15, 0.2) is 0 Å². The van der Waals surface area contributed by atoms with Crippen molar-refractivity contribution in [2.24, 2.45) is 0 Å². The molecule has 0 heterocycles. The lowest BCUT2D eigenvalue weighted by atomic mass is 10.1. The summed E-state index contributed by atoms with van der Waals surface area (Å²) in [5.41, 5.74) is 4.94. The number of ether oxygens (including phenoxy) is 1. The molecule has 0 saturated carbocycles. The third kappa shape index (κ3) is 4.32. The van der Waals surface area contributed by atoms with Gasteiger partial charge in [-0.15, -0.1) is 0 Å². The largest absolute Gasteiger partial charge is 0.487 e. The highest BCUT2D eigenvalue weighted by molar-refractivity contribution is 9.10. The van der Waals surface area contributed by atoms with Gasteiger partial charge in [-0.1, -0.05) is 42.8 Å². The quantitative estimate of drug-likeness (QED) is 0.813. The summed E-state index contributed by atoms with van der Waals surface area (Å²) in [6, 6.07) is 12.6. The second kappa shape index (κ2) is 7.62. The maximum absolute atomic E-state index is 6.10. The van der Waals surface area contributed by atoms with Crippen molar-refractivity contribution in [3.8, 4) is 5.75 Å². The number of halogens is 1. The van der Waals surface area contributed by atoms with Crippen molar-refractivity contribution < 1.29 is 4.74 Å². The number of para-hydroxylation sites is 1. The Hall–Kier alpha value is -1.32. The number of rotatable bonds is 6. The average Bonchev–Trinajstić information content (AvgIpc) is 2.47. The lowest BCUT2D eigenvalue weighted by Gasteiger charge is -2.15. The molecule has 0 atom stereocenters. The first-order chi connectivity index (χ1) is 10.1. The van der Waals surface area contributed by atoms with Gasteiger partial charge in [0.1, 0.15) is 12.4 Å². The molecule has 0 aromatic heterocycles. The van der Waals surface area contributed by atoms with E-state index < -0.39 is 0 Å². The van der Waals surface area contributed by atoms with E-state index in [0.29, 0.717) is 6.61 Å². The normalized spacial score (nSPS) is 10.7. The molecule has 0 aliphatic rings. The topological polar surface area (TPSA) is 21.3 Å². The summed E-state index contributed by atoms with van der Waals surface area (Å²) < 4.78 is 7.10. The Kier molecular flexibility index (Phi) is 5.83. The molecule has 0 bridgehead atoms. The van der Waals surface area contributed by atoms with Crippen LogP contribution in [0.5, 0.6) is 5.75 Å². The number of hydrogen-bond acceptors (Lipinski definition) is 2. The molecule has 0 radical (unpaired) electrons. The number of nitrogens with one attached hydrogen (secondary N) is 1. The van der Waals surface area contributed by atoms with E-state index in [2.05, 4.69) is 66.3 Å². The van der Waals surface area contributed by atoms with E-state index in [1.165, 1.54) is 22.3 Å². The summed E-state index contributed by atoms with van der Waals surface area (Å²) in [4.78, 5) is 0. The molecule has 21 heavy (non-hydrogen) atoms. The summed E-state index contributed by atoms with van der Waals surface area (Å²) >= 11 is 3.59. The molecule has 0 saturated heterocycles. The third-order valence-corrected chi connectivity index (χ3v) is 4.12. The smallest absolute Gasteiger partial charge is 0.138 e. The Morgan fingerprint density at radius 2 is 1.90 bits per heavy atom. The van der Waals surface area contributed by atoms with E-state index in [0.717, 1.165) is 23.3 Å². The Bertz CT molecular complexity index is 610. The highest BCUT2D eigenvalue weighted by Gasteiger charge is 2.09. The van der Waals surface area contributed by atoms with Crippen LogP contribution in [-0.4, -0.2) is 6.54 Å². The zero-order valence-corrected chi connectivity index (χ0v) is 14.5. The maximum Gasteiger partial charge on any atom is 0.138 e. The van der Waals surface area contributed by atoms with Crippen molar-refractivity contribution in [3.63, 3.8) is 0 Å². The molecular formula is C18H22BrNO. The summed E-state index contributed by atoms with van der Waals surface area (Å²) in [6.07, 6.45) is 0. The lowest BCUT2D eigenvalue weighted by Crippen LogP contribution is -2.13. The van der Waals surface area contributed by atoms with E-state index in [1.54, 1.807) is 0 Å². The molecule has 0 unspecified atom stereocenters. The fourth-order valence-electron chi connectivity index (χ4n) is 2.22. The van der Waals surface area contributed by atoms with Gasteiger partial charge in [0.25, 0.3) is 0 Å². The Balaban J connectivity index is 2.17. The second-order valence-corrected chi connectivity index (χ2v) is 6.08. The minimum Gasteiger partial charge on any atom is -0.487 e. The first kappa shape index (κ1) is 16.1. The summed E-state index contributed by atoms with van der Waals surface area (Å²) in [5.74, 6) is 0.930. The van der Waals surface area contributed by atoms with Crippen molar-refractivity contribution >= 4 is 15.9 Å². The van der Waals surface area contributed by atoms with Crippen LogP contribution in [0.15, 0.2) is 40.9 Å². The number of hydrogen-bond donors (Lipinski definition) is 1. The Morgan fingerprint density at radius 3 is 2.67 bits per heavy atom. The molecule has 0 aliphatic heterocycles. The molecule has 2 aromatic carbocycles. The predicted molar refractivity (Wildman–Crippen MR) is 91.8 cm³/mol. The standard InChI is InChI=1S/C18H22BrNO/c1-4-20-11-15-6-5-7-17(19)18(15)21-12-16-10-13(2)8-9-14(16)3/h5-10,20H,4,11-12H2,1-3H3. The van der Waals surface area contributed by atoms with Crippen molar-refractivity contribution in [2.75, 3.05) is 6.54 Å². The fourth-order valence-corrected chi connectivity index (χ4v) is 2.74. The minimum absolute atomic E-state index is 0.593. The van der Waals surface area contributed by atoms with Crippen molar-refractivity contribution in [1.82, 2.24) is 5.32 Å². The molecule has 2 aromatic rings. The first-order valence-corrected chi connectivity index (χ1v) is 8.08. The van der Waals surface area contributed by atoms with Crippen LogP contribution in [0.3, 0.4) is 0 Å². The maximum atomic E-state index is 6.10. The van der Waals surface area contributed by atoms with Crippen LogP contribution in [0.4, 0.5) is 0 Å². The van der Waals surface area contributed by atoms with Crippen molar-refractivity contribution in [2.45, 2.75) is 33.9 Å². The molecule has 0 spiro atoms. The van der Waals surface area contributed by atoms with Crippen LogP contribution >= 0.6 is 15.9 Å². The van der Waals surface area contributed by atoms with E-state index in [4.69, 9.17) is 4.74 Å². The molecule has 2 nitrogen and oxygen atoms in total. The summed E-state index contributed by atoms with van der Waals surface area (Å²) in [6.45, 7) is 8.70. The zero-order chi connectivity index (χ0) is 15.2. The molecule has 3 heteroatoms. The van der Waals surface area contributed by atoms with Gasteiger partial charge in [-0.05, 0) is 53.5 Å². The van der Waals surface area contributed by atoms with Gasteiger partial charge in [-0.2, -0.15) is 0 Å². The number of aryl methyl sites for hydroxylation is 2. The SMILES string of the molecule is CCNCc1cccc(Br)c1OCc1cc(C)ccc1C. The molecule has 1 N–H and O–H groups in total. The monoisotopic (exact) mass is 347 g/mol. The van der Waals surface area contributed by atoms with Gasteiger partial charge >= 0.3 is 0 Å². The van der Waals surface area contributed by atoms with Gasteiger partial charge < -0.3 is 10.1 Å². The molecule has 0 amide bonds. The third-order valence-electron chi connectivity index (χ3n) is 3.49.